The summed E-state index contributed by atoms with van der Waals surface area (Å²) in [5, 5.41) is 10.6. The summed E-state index contributed by atoms with van der Waals surface area (Å²) < 4.78 is 0. The summed E-state index contributed by atoms with van der Waals surface area (Å²) in [6, 6.07) is 9.87. The summed E-state index contributed by atoms with van der Waals surface area (Å²) in [7, 11) is 0. The van der Waals surface area contributed by atoms with Crippen molar-refractivity contribution in [3.63, 3.8) is 0 Å². The van der Waals surface area contributed by atoms with Gasteiger partial charge in [0.25, 0.3) is 0 Å². The van der Waals surface area contributed by atoms with Crippen molar-refractivity contribution in [2.24, 2.45) is 11.3 Å². The van der Waals surface area contributed by atoms with Gasteiger partial charge in [0, 0.05) is 11.6 Å². The van der Waals surface area contributed by atoms with Crippen molar-refractivity contribution in [3.8, 4) is 0 Å². The number of hydrogen-bond acceptors (Lipinski definition) is 2. The Hall–Kier alpha value is -1.90. The number of carbonyl (C=O) groups is 1. The zero-order valence-electron chi connectivity index (χ0n) is 11.0. The first-order valence-electron chi connectivity index (χ1n) is 6.67. The highest BCUT2D eigenvalue weighted by Crippen LogP contribution is 2.48. The maximum Gasteiger partial charge on any atom is 0.309 e. The van der Waals surface area contributed by atoms with E-state index in [0.717, 1.165) is 29.3 Å². The minimum atomic E-state index is -0.684. The standard InChI is InChI=1S/C16H17NO2/c1-16(15(18)19,12-6-7-12)10-11-8-9-17-14-5-3-2-4-13(11)14/h2-5,8-9,12H,6-7,10H2,1H3,(H,18,19). The van der Waals surface area contributed by atoms with Gasteiger partial charge >= 0.3 is 5.97 Å². The van der Waals surface area contributed by atoms with Gasteiger partial charge in [0.1, 0.15) is 0 Å². The Morgan fingerprint density at radius 2 is 2.11 bits per heavy atom. The van der Waals surface area contributed by atoms with Crippen LogP contribution in [0.25, 0.3) is 10.9 Å². The molecule has 1 aromatic carbocycles. The van der Waals surface area contributed by atoms with E-state index >= 15 is 0 Å². The molecule has 0 spiro atoms. The van der Waals surface area contributed by atoms with Crippen LogP contribution in [0.3, 0.4) is 0 Å². The Kier molecular flexibility index (Phi) is 2.77. The van der Waals surface area contributed by atoms with Gasteiger partial charge in [0.15, 0.2) is 0 Å². The topological polar surface area (TPSA) is 50.2 Å². The average molecular weight is 255 g/mol. The fourth-order valence-corrected chi connectivity index (χ4v) is 2.82. The van der Waals surface area contributed by atoms with E-state index in [4.69, 9.17) is 0 Å². The van der Waals surface area contributed by atoms with Crippen molar-refractivity contribution in [2.45, 2.75) is 26.2 Å². The van der Waals surface area contributed by atoms with Gasteiger partial charge in [-0.2, -0.15) is 0 Å². The summed E-state index contributed by atoms with van der Waals surface area (Å²) in [5.74, 6) is -0.368. The molecule has 1 saturated carbocycles. The number of benzene rings is 1. The average Bonchev–Trinajstić information content (AvgIpc) is 3.23. The Bertz CT molecular complexity index is 628. The van der Waals surface area contributed by atoms with Crippen molar-refractivity contribution >= 4 is 16.9 Å². The Morgan fingerprint density at radius 1 is 1.37 bits per heavy atom. The van der Waals surface area contributed by atoms with Crippen LogP contribution in [0.15, 0.2) is 36.5 Å². The molecular weight excluding hydrogens is 238 g/mol. The van der Waals surface area contributed by atoms with Crippen LogP contribution < -0.4 is 0 Å². The predicted octanol–water partition coefficient (Wildman–Crippen LogP) is 3.28. The van der Waals surface area contributed by atoms with E-state index in [-0.39, 0.29) is 0 Å². The highest BCUT2D eigenvalue weighted by molar-refractivity contribution is 5.83. The zero-order valence-corrected chi connectivity index (χ0v) is 11.0. The molecule has 0 bridgehead atoms. The Balaban J connectivity index is 2.03. The molecule has 1 fully saturated rings. The molecule has 3 rings (SSSR count). The third-order valence-corrected chi connectivity index (χ3v) is 4.26. The van der Waals surface area contributed by atoms with Gasteiger partial charge in [0.05, 0.1) is 10.9 Å². The van der Waals surface area contributed by atoms with E-state index < -0.39 is 11.4 Å². The fourth-order valence-electron chi connectivity index (χ4n) is 2.82. The number of rotatable bonds is 4. The molecule has 0 aliphatic heterocycles. The number of nitrogens with zero attached hydrogens (tertiary/aromatic N) is 1. The third-order valence-electron chi connectivity index (χ3n) is 4.26. The lowest BCUT2D eigenvalue weighted by Crippen LogP contribution is -2.32. The lowest BCUT2D eigenvalue weighted by Gasteiger charge is -2.25. The fraction of sp³-hybridized carbons (Fsp3) is 0.375. The molecule has 1 aromatic heterocycles. The van der Waals surface area contributed by atoms with Crippen LogP contribution >= 0.6 is 0 Å². The third kappa shape index (κ3) is 2.09. The van der Waals surface area contributed by atoms with Crippen LogP contribution in [0.5, 0.6) is 0 Å². The number of para-hydroxylation sites is 1. The molecule has 0 amide bonds. The molecule has 2 aromatic rings. The Morgan fingerprint density at radius 3 is 2.79 bits per heavy atom. The lowest BCUT2D eigenvalue weighted by atomic mass is 9.78. The largest absolute Gasteiger partial charge is 0.481 e. The molecule has 3 nitrogen and oxygen atoms in total. The summed E-state index contributed by atoms with van der Waals surface area (Å²) >= 11 is 0. The second-order valence-corrected chi connectivity index (χ2v) is 5.66. The summed E-state index contributed by atoms with van der Waals surface area (Å²) in [6.07, 6.45) is 4.42. The molecular formula is C16H17NO2. The van der Waals surface area contributed by atoms with E-state index in [0.29, 0.717) is 12.3 Å². The molecule has 1 aliphatic carbocycles. The highest BCUT2D eigenvalue weighted by Gasteiger charge is 2.47. The van der Waals surface area contributed by atoms with Gasteiger partial charge in [-0.3, -0.25) is 9.78 Å². The van der Waals surface area contributed by atoms with Crippen LogP contribution in [-0.2, 0) is 11.2 Å². The molecule has 1 aliphatic rings. The normalized spacial score (nSPS) is 18.2. The van der Waals surface area contributed by atoms with Gasteiger partial charge in [-0.25, -0.2) is 0 Å². The second kappa shape index (κ2) is 4.34. The molecule has 1 N–H and O–H groups in total. The predicted molar refractivity (Wildman–Crippen MR) is 73.9 cm³/mol. The highest BCUT2D eigenvalue weighted by atomic mass is 16.4. The van der Waals surface area contributed by atoms with Crippen molar-refractivity contribution in [3.05, 3.63) is 42.1 Å². The van der Waals surface area contributed by atoms with Crippen molar-refractivity contribution in [2.75, 3.05) is 0 Å². The minimum Gasteiger partial charge on any atom is -0.481 e. The van der Waals surface area contributed by atoms with Crippen molar-refractivity contribution in [1.82, 2.24) is 4.98 Å². The van der Waals surface area contributed by atoms with Gasteiger partial charge in [-0.05, 0) is 49.8 Å². The SMILES string of the molecule is CC(Cc1ccnc2ccccc12)(C(=O)O)C1CC1. The minimum absolute atomic E-state index is 0.317. The van der Waals surface area contributed by atoms with Crippen LogP contribution in [0, 0.1) is 11.3 Å². The van der Waals surface area contributed by atoms with Crippen LogP contribution in [0.2, 0.25) is 0 Å². The molecule has 98 valence electrons. The first kappa shape index (κ1) is 12.2. The molecule has 1 unspecified atom stereocenters. The summed E-state index contributed by atoms with van der Waals surface area (Å²) in [5.41, 5.74) is 1.37. The molecule has 0 radical (unpaired) electrons. The van der Waals surface area contributed by atoms with Crippen LogP contribution in [-0.4, -0.2) is 16.1 Å². The number of fused-ring (bicyclic) bond motifs is 1. The monoisotopic (exact) mass is 255 g/mol. The molecule has 1 heterocycles. The summed E-state index contributed by atoms with van der Waals surface area (Å²) in [6.45, 7) is 1.88. The number of aliphatic carboxylic acids is 1. The zero-order chi connectivity index (χ0) is 13.5. The van der Waals surface area contributed by atoms with E-state index in [1.807, 2.05) is 37.3 Å². The first-order valence-corrected chi connectivity index (χ1v) is 6.67. The quantitative estimate of drug-likeness (QED) is 0.912. The summed E-state index contributed by atoms with van der Waals surface area (Å²) in [4.78, 5) is 16.0. The van der Waals surface area contributed by atoms with E-state index in [1.165, 1.54) is 0 Å². The number of carboxylic acids is 1. The maximum absolute atomic E-state index is 11.6. The first-order chi connectivity index (χ1) is 9.11. The van der Waals surface area contributed by atoms with Gasteiger partial charge in [-0.15, -0.1) is 0 Å². The molecule has 1 atom stereocenters. The van der Waals surface area contributed by atoms with Gasteiger partial charge in [-0.1, -0.05) is 18.2 Å². The smallest absolute Gasteiger partial charge is 0.309 e. The van der Waals surface area contributed by atoms with Crippen molar-refractivity contribution < 1.29 is 9.90 Å². The molecule has 0 saturated heterocycles. The van der Waals surface area contributed by atoms with E-state index in [1.54, 1.807) is 6.20 Å². The second-order valence-electron chi connectivity index (χ2n) is 5.66. The van der Waals surface area contributed by atoms with Crippen LogP contribution in [0.1, 0.15) is 25.3 Å². The van der Waals surface area contributed by atoms with E-state index in [2.05, 4.69) is 4.98 Å². The number of carboxylic acid groups (broad SMARTS) is 1. The van der Waals surface area contributed by atoms with Gasteiger partial charge in [0.2, 0.25) is 0 Å². The lowest BCUT2D eigenvalue weighted by molar-refractivity contribution is -0.149. The molecule has 19 heavy (non-hydrogen) atoms. The number of aromatic nitrogens is 1. The van der Waals surface area contributed by atoms with Crippen molar-refractivity contribution in [1.29, 1.82) is 0 Å². The van der Waals surface area contributed by atoms with E-state index in [9.17, 15) is 9.90 Å². The van der Waals surface area contributed by atoms with Gasteiger partial charge < -0.3 is 5.11 Å². The van der Waals surface area contributed by atoms with Crippen LogP contribution in [0.4, 0.5) is 0 Å². The molecule has 3 heteroatoms. The number of pyridine rings is 1. The maximum atomic E-state index is 11.6. The Labute approximate surface area is 112 Å². The number of hydrogen-bond donors (Lipinski definition) is 1.